The predicted molar refractivity (Wildman–Crippen MR) is 98.2 cm³/mol. The zero-order valence-electron chi connectivity index (χ0n) is 14.6. The maximum atomic E-state index is 5.55. The largest absolute Gasteiger partial charge is 0.356 e. The molecule has 0 unspecified atom stereocenters. The lowest BCUT2D eigenvalue weighted by Crippen LogP contribution is -1.97. The summed E-state index contributed by atoms with van der Waals surface area (Å²) < 4.78 is 7.71. The highest BCUT2D eigenvalue weighted by Gasteiger charge is 2.12. The number of hydrogen-bond acceptors (Lipinski definition) is 4. The van der Waals surface area contributed by atoms with Crippen molar-refractivity contribution < 1.29 is 4.52 Å². The third-order valence-electron chi connectivity index (χ3n) is 4.41. The molecule has 0 spiro atoms. The third kappa shape index (κ3) is 2.82. The molecule has 0 amide bonds. The molecule has 0 fully saturated rings. The van der Waals surface area contributed by atoms with Gasteiger partial charge in [-0.2, -0.15) is 0 Å². The molecule has 4 rings (SSSR count). The molecule has 5 nitrogen and oxygen atoms in total. The summed E-state index contributed by atoms with van der Waals surface area (Å²) in [6.07, 6.45) is 4.65. The van der Waals surface area contributed by atoms with Crippen LogP contribution in [-0.2, 0) is 6.42 Å². The fraction of sp³-hybridized carbons (Fsp3) is 0.250. The monoisotopic (exact) mass is 332 g/mol. The quantitative estimate of drug-likeness (QED) is 0.533. The minimum Gasteiger partial charge on any atom is -0.356 e. The smallest absolute Gasteiger partial charge is 0.167 e. The van der Waals surface area contributed by atoms with Crippen molar-refractivity contribution in [3.63, 3.8) is 0 Å². The first-order valence-electron chi connectivity index (χ1n) is 8.54. The van der Waals surface area contributed by atoms with Crippen LogP contribution in [0.5, 0.6) is 0 Å². The molecule has 0 aliphatic heterocycles. The number of imidazole rings is 1. The molecule has 5 heteroatoms. The summed E-state index contributed by atoms with van der Waals surface area (Å²) in [5.74, 6) is 0.732. The van der Waals surface area contributed by atoms with Crippen molar-refractivity contribution in [2.45, 2.75) is 33.2 Å². The number of nitrogens with zero attached hydrogens (tertiary/aromatic N) is 4. The van der Waals surface area contributed by atoms with Gasteiger partial charge >= 0.3 is 0 Å². The number of aromatic nitrogens is 4. The molecule has 3 heterocycles. The normalized spacial score (nSPS) is 11.5. The van der Waals surface area contributed by atoms with Crippen LogP contribution in [0.3, 0.4) is 0 Å². The fourth-order valence-corrected chi connectivity index (χ4v) is 2.93. The molecule has 0 saturated heterocycles. The molecule has 0 N–H and O–H groups in total. The van der Waals surface area contributed by atoms with Crippen molar-refractivity contribution in [2.75, 3.05) is 0 Å². The van der Waals surface area contributed by atoms with Crippen molar-refractivity contribution >= 4 is 11.0 Å². The van der Waals surface area contributed by atoms with E-state index in [2.05, 4.69) is 46.5 Å². The molecule has 3 aromatic heterocycles. The van der Waals surface area contributed by atoms with E-state index in [4.69, 9.17) is 4.52 Å². The molecule has 25 heavy (non-hydrogen) atoms. The Hall–Kier alpha value is -2.95. The molecule has 0 aliphatic carbocycles. The van der Waals surface area contributed by atoms with Crippen LogP contribution in [0.15, 0.2) is 53.4 Å². The molecular weight excluding hydrogens is 312 g/mol. The van der Waals surface area contributed by atoms with Crippen LogP contribution >= 0.6 is 0 Å². The molecule has 4 aromatic rings. The number of pyridine rings is 1. The van der Waals surface area contributed by atoms with E-state index in [-0.39, 0.29) is 0 Å². The molecule has 0 atom stereocenters. The lowest BCUT2D eigenvalue weighted by Gasteiger charge is -2.07. The number of hydrogen-bond donors (Lipinski definition) is 0. The van der Waals surface area contributed by atoms with Gasteiger partial charge in [0.25, 0.3) is 0 Å². The van der Waals surface area contributed by atoms with Crippen LogP contribution in [0.25, 0.3) is 33.6 Å². The highest BCUT2D eigenvalue weighted by atomic mass is 16.5. The minimum absolute atomic E-state index is 0.381. The van der Waals surface area contributed by atoms with Crippen LogP contribution in [0.2, 0.25) is 0 Å². The minimum atomic E-state index is 0.381. The second-order valence-corrected chi connectivity index (χ2v) is 6.42. The Labute approximate surface area is 146 Å². The van der Waals surface area contributed by atoms with Gasteiger partial charge in [0.2, 0.25) is 0 Å². The van der Waals surface area contributed by atoms with E-state index in [1.807, 2.05) is 42.9 Å². The Balaban J connectivity index is 1.68. The van der Waals surface area contributed by atoms with Gasteiger partial charge in [-0.25, -0.2) is 4.98 Å². The third-order valence-corrected chi connectivity index (χ3v) is 4.41. The summed E-state index contributed by atoms with van der Waals surface area (Å²) in [4.78, 5) is 8.92. The van der Waals surface area contributed by atoms with Crippen LogP contribution in [0.1, 0.15) is 32.5 Å². The van der Waals surface area contributed by atoms with Gasteiger partial charge in [0.1, 0.15) is 5.69 Å². The maximum absolute atomic E-state index is 5.55. The summed E-state index contributed by atoms with van der Waals surface area (Å²) in [6.45, 7) is 6.39. The molecular formula is C20H20N4O. The summed E-state index contributed by atoms with van der Waals surface area (Å²) in [6, 6.07) is 12.5. The standard InChI is InChI=1S/C20H20N4O/c1-4-16-7-5-15(11-21-16)17-10-20(25-23-17)14-6-8-19-18(9-14)22-12-24(19)13(2)3/h5-13H,4H2,1-3H3. The van der Waals surface area contributed by atoms with Crippen LogP contribution < -0.4 is 0 Å². The van der Waals surface area contributed by atoms with Gasteiger partial charge in [0.05, 0.1) is 17.4 Å². The molecule has 0 bridgehead atoms. The summed E-state index contributed by atoms with van der Waals surface area (Å²) >= 11 is 0. The zero-order valence-corrected chi connectivity index (χ0v) is 14.6. The molecule has 126 valence electrons. The Kier molecular flexibility index (Phi) is 3.84. The highest BCUT2D eigenvalue weighted by molar-refractivity contribution is 5.81. The maximum Gasteiger partial charge on any atom is 0.167 e. The Morgan fingerprint density at radius 3 is 2.60 bits per heavy atom. The Morgan fingerprint density at radius 2 is 1.88 bits per heavy atom. The van der Waals surface area contributed by atoms with Crippen molar-refractivity contribution in [3.8, 4) is 22.6 Å². The lowest BCUT2D eigenvalue weighted by molar-refractivity contribution is 0.435. The van der Waals surface area contributed by atoms with Gasteiger partial charge in [-0.1, -0.05) is 12.1 Å². The zero-order chi connectivity index (χ0) is 17.4. The van der Waals surface area contributed by atoms with E-state index in [0.29, 0.717) is 6.04 Å². The van der Waals surface area contributed by atoms with Crippen LogP contribution in [-0.4, -0.2) is 19.7 Å². The average Bonchev–Trinajstić information content (AvgIpc) is 3.28. The first kappa shape index (κ1) is 15.6. The van der Waals surface area contributed by atoms with Crippen LogP contribution in [0.4, 0.5) is 0 Å². The van der Waals surface area contributed by atoms with Crippen molar-refractivity contribution in [3.05, 3.63) is 54.6 Å². The fourth-order valence-electron chi connectivity index (χ4n) is 2.93. The van der Waals surface area contributed by atoms with Gasteiger partial charge < -0.3 is 9.09 Å². The van der Waals surface area contributed by atoms with Crippen molar-refractivity contribution in [2.24, 2.45) is 0 Å². The van der Waals surface area contributed by atoms with Gasteiger partial charge in [0.15, 0.2) is 5.76 Å². The summed E-state index contributed by atoms with van der Waals surface area (Å²) in [7, 11) is 0. The van der Waals surface area contributed by atoms with E-state index in [0.717, 1.165) is 45.7 Å². The van der Waals surface area contributed by atoms with Crippen LogP contribution in [0, 0.1) is 0 Å². The number of fused-ring (bicyclic) bond motifs is 1. The molecule has 1 aromatic carbocycles. The molecule has 0 aliphatic rings. The van der Waals surface area contributed by atoms with Gasteiger partial charge in [0, 0.05) is 35.1 Å². The van der Waals surface area contributed by atoms with E-state index >= 15 is 0 Å². The van der Waals surface area contributed by atoms with Gasteiger partial charge in [-0.15, -0.1) is 0 Å². The average molecular weight is 332 g/mol. The topological polar surface area (TPSA) is 56.7 Å². The Bertz CT molecular complexity index is 1010. The Morgan fingerprint density at radius 1 is 1.04 bits per heavy atom. The number of rotatable bonds is 4. The summed E-state index contributed by atoms with van der Waals surface area (Å²) in [5.41, 5.74) is 5.86. The second-order valence-electron chi connectivity index (χ2n) is 6.42. The molecule has 0 radical (unpaired) electrons. The number of benzene rings is 1. The van der Waals surface area contributed by atoms with Gasteiger partial charge in [-0.05, 0) is 50.6 Å². The van der Waals surface area contributed by atoms with Crippen molar-refractivity contribution in [1.82, 2.24) is 19.7 Å². The SMILES string of the molecule is CCc1ccc(-c2cc(-c3ccc4c(c3)ncn4C(C)C)on2)cn1. The van der Waals surface area contributed by atoms with E-state index in [1.165, 1.54) is 0 Å². The first-order chi connectivity index (χ1) is 12.2. The predicted octanol–water partition coefficient (Wildman–Crippen LogP) is 4.90. The summed E-state index contributed by atoms with van der Waals surface area (Å²) in [5, 5.41) is 4.19. The molecule has 0 saturated carbocycles. The first-order valence-corrected chi connectivity index (χ1v) is 8.54. The van der Waals surface area contributed by atoms with Crippen molar-refractivity contribution in [1.29, 1.82) is 0 Å². The lowest BCUT2D eigenvalue weighted by atomic mass is 10.1. The van der Waals surface area contributed by atoms with Gasteiger partial charge in [-0.3, -0.25) is 4.98 Å². The highest BCUT2D eigenvalue weighted by Crippen LogP contribution is 2.28. The van der Waals surface area contributed by atoms with E-state index < -0.39 is 0 Å². The number of aryl methyl sites for hydroxylation is 1. The van der Waals surface area contributed by atoms with E-state index in [1.54, 1.807) is 0 Å². The second kappa shape index (κ2) is 6.16. The van der Waals surface area contributed by atoms with E-state index in [9.17, 15) is 0 Å².